The number of rotatable bonds is 8. The molecule has 1 nitrogen and oxygen atoms in total. The summed E-state index contributed by atoms with van der Waals surface area (Å²) in [7, 11) is -2.80. The summed E-state index contributed by atoms with van der Waals surface area (Å²) >= 11 is 13.4. The molecule has 0 aliphatic carbocycles. The van der Waals surface area contributed by atoms with Crippen molar-refractivity contribution in [2.45, 2.75) is 70.4 Å². The van der Waals surface area contributed by atoms with Gasteiger partial charge in [0, 0.05) is 31.1 Å². The first kappa shape index (κ1) is 26.0. The number of thioether (sulfide) groups is 2. The maximum atomic E-state index is 4.93. The van der Waals surface area contributed by atoms with Crippen molar-refractivity contribution in [3.05, 3.63) is 66.0 Å². The number of thiol groups is 2. The van der Waals surface area contributed by atoms with E-state index >= 15 is 0 Å². The van der Waals surface area contributed by atoms with Crippen LogP contribution in [0.2, 0.25) is 39.3 Å². The molecule has 0 bridgehead atoms. The van der Waals surface area contributed by atoms with Gasteiger partial charge in [0.05, 0.1) is 27.5 Å². The van der Waals surface area contributed by atoms with E-state index in [0.29, 0.717) is 0 Å². The highest BCUT2D eigenvalue weighted by atomic mass is 32.2. The fourth-order valence-electron chi connectivity index (χ4n) is 3.48. The molecule has 0 radical (unpaired) electrons. The number of nitrogens with zero attached hydrogens (tertiary/aromatic N) is 1. The van der Waals surface area contributed by atoms with Gasteiger partial charge in [-0.15, -0.1) is 48.8 Å². The van der Waals surface area contributed by atoms with E-state index in [1.165, 1.54) is 20.2 Å². The SMILES string of the molecule is C[Si](C)(C)c1cccc(SCc2cccc(CSc3cccc([Si](C)(C)C)c3S)n2)c1S. The van der Waals surface area contributed by atoms with E-state index in [9.17, 15) is 0 Å². The topological polar surface area (TPSA) is 12.9 Å². The second kappa shape index (κ2) is 10.8. The molecular formula is C25H33NS4Si2. The number of hydrogen-bond acceptors (Lipinski definition) is 5. The zero-order valence-corrected chi connectivity index (χ0v) is 25.2. The van der Waals surface area contributed by atoms with Crippen LogP contribution in [-0.2, 0) is 11.5 Å². The van der Waals surface area contributed by atoms with E-state index in [-0.39, 0.29) is 0 Å². The molecule has 0 aliphatic heterocycles. The van der Waals surface area contributed by atoms with E-state index in [2.05, 4.69) is 93.9 Å². The zero-order chi connectivity index (χ0) is 23.5. The van der Waals surface area contributed by atoms with E-state index < -0.39 is 16.1 Å². The maximum absolute atomic E-state index is 4.93. The van der Waals surface area contributed by atoms with Crippen molar-refractivity contribution >= 4 is 75.3 Å². The zero-order valence-electron chi connectivity index (χ0n) is 19.8. The second-order valence-corrected chi connectivity index (χ2v) is 23.0. The van der Waals surface area contributed by atoms with Crippen LogP contribution in [0, 0.1) is 0 Å². The molecule has 0 atom stereocenters. The Morgan fingerprint density at radius 2 is 1.00 bits per heavy atom. The standard InChI is InChI=1S/C25H33NS4Si2/c1-31(2,3)22-14-8-12-20(24(22)27)29-16-18-10-7-11-19(26-18)17-30-21-13-9-15-23(25(21)28)32(4,5)6/h7-15,27-28H,16-17H2,1-6H3. The van der Waals surface area contributed by atoms with Crippen molar-refractivity contribution in [3.63, 3.8) is 0 Å². The summed E-state index contributed by atoms with van der Waals surface area (Å²) in [6, 6.07) is 19.5. The summed E-state index contributed by atoms with van der Waals surface area (Å²) in [6.45, 7) is 14.2. The predicted molar refractivity (Wildman–Crippen MR) is 157 cm³/mol. The second-order valence-electron chi connectivity index (χ2n) is 10.0. The molecule has 0 N–H and O–H groups in total. The van der Waals surface area contributed by atoms with Crippen molar-refractivity contribution in [1.29, 1.82) is 0 Å². The Morgan fingerprint density at radius 3 is 1.38 bits per heavy atom. The highest BCUT2D eigenvalue weighted by molar-refractivity contribution is 7.99. The van der Waals surface area contributed by atoms with Crippen molar-refractivity contribution < 1.29 is 0 Å². The third-order valence-electron chi connectivity index (χ3n) is 5.23. The van der Waals surface area contributed by atoms with Gasteiger partial charge >= 0.3 is 0 Å². The molecule has 7 heteroatoms. The van der Waals surface area contributed by atoms with Gasteiger partial charge in [0.1, 0.15) is 0 Å². The minimum atomic E-state index is -1.40. The predicted octanol–water partition coefficient (Wildman–Crippen LogP) is 7.33. The van der Waals surface area contributed by atoms with Crippen LogP contribution in [0.25, 0.3) is 0 Å². The molecule has 1 heterocycles. The average molecular weight is 532 g/mol. The van der Waals surface area contributed by atoms with Gasteiger partial charge in [-0.05, 0) is 34.6 Å². The number of pyridine rings is 1. The minimum Gasteiger partial charge on any atom is -0.256 e. The van der Waals surface area contributed by atoms with Crippen molar-refractivity contribution in [1.82, 2.24) is 4.98 Å². The Bertz CT molecular complexity index is 1010. The molecule has 0 saturated carbocycles. The van der Waals surface area contributed by atoms with Crippen LogP contribution in [0.1, 0.15) is 11.4 Å². The molecule has 1 aromatic heterocycles. The van der Waals surface area contributed by atoms with E-state index in [4.69, 9.17) is 30.2 Å². The number of hydrogen-bond donors (Lipinski definition) is 2. The van der Waals surface area contributed by atoms with Crippen molar-refractivity contribution in [3.8, 4) is 0 Å². The Morgan fingerprint density at radius 1 is 0.625 bits per heavy atom. The molecule has 2 aromatic carbocycles. The van der Waals surface area contributed by atoms with Gasteiger partial charge < -0.3 is 0 Å². The van der Waals surface area contributed by atoms with Crippen molar-refractivity contribution in [2.75, 3.05) is 0 Å². The monoisotopic (exact) mass is 531 g/mol. The molecule has 0 fully saturated rings. The van der Waals surface area contributed by atoms with Gasteiger partial charge in [-0.25, -0.2) is 0 Å². The van der Waals surface area contributed by atoms with Gasteiger partial charge in [0.15, 0.2) is 0 Å². The molecule has 0 saturated heterocycles. The van der Waals surface area contributed by atoms with E-state index in [0.717, 1.165) is 32.7 Å². The third-order valence-corrected chi connectivity index (χ3v) is 13.2. The van der Waals surface area contributed by atoms with Gasteiger partial charge in [0.25, 0.3) is 0 Å². The largest absolute Gasteiger partial charge is 0.256 e. The summed E-state index contributed by atoms with van der Waals surface area (Å²) in [6.07, 6.45) is 0. The average Bonchev–Trinajstić information content (AvgIpc) is 2.71. The van der Waals surface area contributed by atoms with Crippen LogP contribution in [0.5, 0.6) is 0 Å². The van der Waals surface area contributed by atoms with Gasteiger partial charge in [0.2, 0.25) is 0 Å². The van der Waals surface area contributed by atoms with Crippen LogP contribution < -0.4 is 10.4 Å². The first-order valence-electron chi connectivity index (χ1n) is 10.8. The first-order chi connectivity index (χ1) is 15.0. The van der Waals surface area contributed by atoms with Crippen LogP contribution in [0.15, 0.2) is 74.2 Å². The van der Waals surface area contributed by atoms with Crippen LogP contribution in [0.3, 0.4) is 0 Å². The molecule has 170 valence electrons. The van der Waals surface area contributed by atoms with Crippen LogP contribution in [-0.4, -0.2) is 21.1 Å². The lowest BCUT2D eigenvalue weighted by Crippen LogP contribution is -2.38. The lowest BCUT2D eigenvalue weighted by atomic mass is 10.3. The van der Waals surface area contributed by atoms with Gasteiger partial charge in [-0.1, -0.05) is 69.6 Å². The van der Waals surface area contributed by atoms with E-state index in [1.54, 1.807) is 0 Å². The van der Waals surface area contributed by atoms with Crippen LogP contribution >= 0.6 is 48.8 Å². The smallest absolute Gasteiger partial charge is 0.0791 e. The first-order valence-corrected chi connectivity index (χ1v) is 20.7. The number of aromatic nitrogens is 1. The summed E-state index contributed by atoms with van der Waals surface area (Å²) in [5, 5.41) is 2.85. The summed E-state index contributed by atoms with van der Waals surface area (Å²) in [5.41, 5.74) is 2.22. The Labute approximate surface area is 215 Å². The molecule has 0 spiro atoms. The molecule has 0 aliphatic rings. The summed E-state index contributed by atoms with van der Waals surface area (Å²) < 4.78 is 0. The molecular weight excluding hydrogens is 499 g/mol. The van der Waals surface area contributed by atoms with Gasteiger partial charge in [-0.3, -0.25) is 4.98 Å². The number of benzene rings is 2. The fourth-order valence-corrected chi connectivity index (χ4v) is 11.0. The summed E-state index contributed by atoms with van der Waals surface area (Å²) in [4.78, 5) is 9.72. The summed E-state index contributed by atoms with van der Waals surface area (Å²) in [5.74, 6) is 1.70. The highest BCUT2D eigenvalue weighted by Gasteiger charge is 2.21. The molecule has 32 heavy (non-hydrogen) atoms. The lowest BCUT2D eigenvalue weighted by molar-refractivity contribution is 1.09. The molecule has 3 rings (SSSR count). The normalized spacial score (nSPS) is 12.2. The van der Waals surface area contributed by atoms with Crippen LogP contribution in [0.4, 0.5) is 0 Å². The highest BCUT2D eigenvalue weighted by Crippen LogP contribution is 2.30. The quantitative estimate of drug-likeness (QED) is 0.179. The van der Waals surface area contributed by atoms with Gasteiger partial charge in [-0.2, -0.15) is 0 Å². The minimum absolute atomic E-state index is 0.851. The Hall–Kier alpha value is -0.576. The fraction of sp³-hybridized carbons (Fsp3) is 0.320. The van der Waals surface area contributed by atoms with E-state index in [1.807, 2.05) is 23.5 Å². The van der Waals surface area contributed by atoms with Crippen molar-refractivity contribution in [2.24, 2.45) is 0 Å². The molecule has 0 amide bonds. The Balaban J connectivity index is 1.69. The molecule has 0 unspecified atom stereocenters. The molecule has 3 aromatic rings. The third kappa shape index (κ3) is 6.73. The maximum Gasteiger partial charge on any atom is 0.0791 e. The Kier molecular flexibility index (Phi) is 8.77. The lowest BCUT2D eigenvalue weighted by Gasteiger charge is -2.20.